The Labute approximate surface area is 141 Å². The maximum atomic E-state index is 12.3. The third-order valence-electron chi connectivity index (χ3n) is 3.96. The van der Waals surface area contributed by atoms with Gasteiger partial charge in [-0.25, -0.2) is 0 Å². The van der Waals surface area contributed by atoms with E-state index in [1.165, 1.54) is 0 Å². The van der Waals surface area contributed by atoms with E-state index in [1.807, 2.05) is 43.3 Å². The second-order valence-corrected chi connectivity index (χ2v) is 6.22. The van der Waals surface area contributed by atoms with E-state index in [-0.39, 0.29) is 11.8 Å². The van der Waals surface area contributed by atoms with Crippen molar-refractivity contribution in [1.29, 1.82) is 0 Å². The molecule has 0 unspecified atom stereocenters. The SMILES string of the molecule is CN(C)c1ccc(NC(=O)c2ccc(C(=O)NC3CC3)cc2)cc1. The molecule has 0 heterocycles. The van der Waals surface area contributed by atoms with Gasteiger partial charge in [0.1, 0.15) is 0 Å². The minimum Gasteiger partial charge on any atom is -0.378 e. The van der Waals surface area contributed by atoms with Crippen LogP contribution in [0, 0.1) is 0 Å². The van der Waals surface area contributed by atoms with Crippen LogP contribution in [0.3, 0.4) is 0 Å². The van der Waals surface area contributed by atoms with Gasteiger partial charge in [0.15, 0.2) is 0 Å². The first kappa shape index (κ1) is 16.1. The van der Waals surface area contributed by atoms with Crippen LogP contribution < -0.4 is 15.5 Å². The molecule has 0 spiro atoms. The predicted octanol–water partition coefficient (Wildman–Crippen LogP) is 2.90. The highest BCUT2D eigenvalue weighted by Gasteiger charge is 2.23. The molecule has 0 aromatic heterocycles. The molecule has 124 valence electrons. The lowest BCUT2D eigenvalue weighted by Gasteiger charge is -2.13. The van der Waals surface area contributed by atoms with Gasteiger partial charge in [-0.05, 0) is 61.4 Å². The van der Waals surface area contributed by atoms with E-state index >= 15 is 0 Å². The number of hydrogen-bond donors (Lipinski definition) is 2. The molecule has 0 aliphatic heterocycles. The minimum atomic E-state index is -0.193. The maximum absolute atomic E-state index is 12.3. The number of hydrogen-bond acceptors (Lipinski definition) is 3. The number of carbonyl (C=O) groups is 2. The average molecular weight is 323 g/mol. The van der Waals surface area contributed by atoms with Crippen LogP contribution in [0.1, 0.15) is 33.6 Å². The summed E-state index contributed by atoms with van der Waals surface area (Å²) in [5.74, 6) is -0.273. The van der Waals surface area contributed by atoms with Crippen molar-refractivity contribution in [1.82, 2.24) is 5.32 Å². The van der Waals surface area contributed by atoms with Crippen LogP contribution in [0.25, 0.3) is 0 Å². The smallest absolute Gasteiger partial charge is 0.255 e. The van der Waals surface area contributed by atoms with E-state index in [4.69, 9.17) is 0 Å². The molecule has 1 aliphatic rings. The molecular weight excluding hydrogens is 302 g/mol. The van der Waals surface area contributed by atoms with Crippen molar-refractivity contribution in [3.8, 4) is 0 Å². The van der Waals surface area contributed by atoms with Gasteiger partial charge in [-0.3, -0.25) is 9.59 Å². The second-order valence-electron chi connectivity index (χ2n) is 6.22. The largest absolute Gasteiger partial charge is 0.378 e. The fourth-order valence-corrected chi connectivity index (χ4v) is 2.32. The standard InChI is InChI=1S/C19H21N3O2/c1-22(2)17-11-9-16(10-12-17)21-19(24)14-5-3-13(4-6-14)18(23)20-15-7-8-15/h3-6,9-12,15H,7-8H2,1-2H3,(H,20,23)(H,21,24). The summed E-state index contributed by atoms with van der Waals surface area (Å²) in [6, 6.07) is 14.7. The molecule has 2 N–H and O–H groups in total. The third kappa shape index (κ3) is 3.93. The van der Waals surface area contributed by atoms with Crippen LogP contribution in [-0.2, 0) is 0 Å². The number of anilines is 2. The van der Waals surface area contributed by atoms with Crippen LogP contribution in [0.2, 0.25) is 0 Å². The number of amides is 2. The Morgan fingerprint density at radius 1 is 0.875 bits per heavy atom. The van der Waals surface area contributed by atoms with E-state index in [0.29, 0.717) is 17.2 Å². The lowest BCUT2D eigenvalue weighted by atomic mass is 10.1. The number of carbonyl (C=O) groups excluding carboxylic acids is 2. The quantitative estimate of drug-likeness (QED) is 0.889. The Balaban J connectivity index is 1.62. The first-order valence-electron chi connectivity index (χ1n) is 8.02. The Morgan fingerprint density at radius 3 is 1.92 bits per heavy atom. The lowest BCUT2D eigenvalue weighted by molar-refractivity contribution is 0.0949. The Bertz CT molecular complexity index is 732. The molecule has 0 saturated heterocycles. The van der Waals surface area contributed by atoms with Gasteiger partial charge < -0.3 is 15.5 Å². The van der Waals surface area contributed by atoms with E-state index in [0.717, 1.165) is 24.2 Å². The van der Waals surface area contributed by atoms with Gasteiger partial charge in [-0.1, -0.05) is 0 Å². The van der Waals surface area contributed by atoms with Crippen molar-refractivity contribution in [3.05, 3.63) is 59.7 Å². The number of nitrogens with zero attached hydrogens (tertiary/aromatic N) is 1. The van der Waals surface area contributed by atoms with Gasteiger partial charge in [0.05, 0.1) is 0 Å². The summed E-state index contributed by atoms with van der Waals surface area (Å²) in [6.07, 6.45) is 2.11. The zero-order valence-electron chi connectivity index (χ0n) is 13.9. The van der Waals surface area contributed by atoms with Gasteiger partial charge in [0.2, 0.25) is 0 Å². The van der Waals surface area contributed by atoms with Gasteiger partial charge in [-0.15, -0.1) is 0 Å². The highest BCUT2D eigenvalue weighted by atomic mass is 16.2. The van der Waals surface area contributed by atoms with Crippen molar-refractivity contribution in [2.75, 3.05) is 24.3 Å². The summed E-state index contributed by atoms with van der Waals surface area (Å²) in [5, 5.41) is 5.79. The molecule has 0 radical (unpaired) electrons. The lowest BCUT2D eigenvalue weighted by Crippen LogP contribution is -2.25. The van der Waals surface area contributed by atoms with Crippen LogP contribution in [0.15, 0.2) is 48.5 Å². The van der Waals surface area contributed by atoms with Crippen LogP contribution in [0.5, 0.6) is 0 Å². The molecule has 1 fully saturated rings. The first-order chi connectivity index (χ1) is 11.5. The fraction of sp³-hybridized carbons (Fsp3) is 0.263. The van der Waals surface area contributed by atoms with Crippen molar-refractivity contribution >= 4 is 23.2 Å². The van der Waals surface area contributed by atoms with Crippen LogP contribution in [0.4, 0.5) is 11.4 Å². The summed E-state index contributed by atoms with van der Waals surface area (Å²) in [7, 11) is 3.93. The normalized spacial score (nSPS) is 13.2. The van der Waals surface area contributed by atoms with Crippen molar-refractivity contribution < 1.29 is 9.59 Å². The Kier molecular flexibility index (Phi) is 4.51. The number of rotatable bonds is 5. The highest BCUT2D eigenvalue weighted by molar-refractivity contribution is 6.05. The maximum Gasteiger partial charge on any atom is 0.255 e. The van der Waals surface area contributed by atoms with Crippen LogP contribution >= 0.6 is 0 Å². The van der Waals surface area contributed by atoms with Crippen molar-refractivity contribution in [2.24, 2.45) is 0 Å². The van der Waals surface area contributed by atoms with Crippen molar-refractivity contribution in [2.45, 2.75) is 18.9 Å². The van der Waals surface area contributed by atoms with E-state index in [2.05, 4.69) is 10.6 Å². The summed E-state index contributed by atoms with van der Waals surface area (Å²) in [4.78, 5) is 26.2. The average Bonchev–Trinajstić information content (AvgIpc) is 3.39. The second kappa shape index (κ2) is 6.74. The van der Waals surface area contributed by atoms with E-state index in [9.17, 15) is 9.59 Å². The first-order valence-corrected chi connectivity index (χ1v) is 8.02. The molecule has 2 amide bonds. The van der Waals surface area contributed by atoms with Gasteiger partial charge in [0, 0.05) is 42.6 Å². The molecule has 2 aromatic carbocycles. The summed E-state index contributed by atoms with van der Waals surface area (Å²) in [5.41, 5.74) is 2.91. The Morgan fingerprint density at radius 2 is 1.42 bits per heavy atom. The molecule has 5 nitrogen and oxygen atoms in total. The van der Waals surface area contributed by atoms with Crippen molar-refractivity contribution in [3.63, 3.8) is 0 Å². The number of benzene rings is 2. The monoisotopic (exact) mass is 323 g/mol. The van der Waals surface area contributed by atoms with Gasteiger partial charge >= 0.3 is 0 Å². The minimum absolute atomic E-state index is 0.0799. The molecule has 24 heavy (non-hydrogen) atoms. The predicted molar refractivity (Wildman–Crippen MR) is 95.7 cm³/mol. The molecule has 0 atom stereocenters. The number of nitrogens with one attached hydrogen (secondary N) is 2. The molecule has 2 aromatic rings. The fourth-order valence-electron chi connectivity index (χ4n) is 2.32. The molecule has 1 aliphatic carbocycles. The molecule has 0 bridgehead atoms. The molecule has 1 saturated carbocycles. The molecule has 5 heteroatoms. The third-order valence-corrected chi connectivity index (χ3v) is 3.96. The summed E-state index contributed by atoms with van der Waals surface area (Å²) >= 11 is 0. The Hall–Kier alpha value is -2.82. The van der Waals surface area contributed by atoms with E-state index in [1.54, 1.807) is 24.3 Å². The van der Waals surface area contributed by atoms with Gasteiger partial charge in [-0.2, -0.15) is 0 Å². The topological polar surface area (TPSA) is 61.4 Å². The summed E-state index contributed by atoms with van der Waals surface area (Å²) < 4.78 is 0. The zero-order chi connectivity index (χ0) is 17.1. The zero-order valence-corrected chi connectivity index (χ0v) is 13.9. The summed E-state index contributed by atoms with van der Waals surface area (Å²) in [6.45, 7) is 0. The van der Waals surface area contributed by atoms with Crippen LogP contribution in [-0.4, -0.2) is 32.0 Å². The highest BCUT2D eigenvalue weighted by Crippen LogP contribution is 2.20. The van der Waals surface area contributed by atoms with Gasteiger partial charge in [0.25, 0.3) is 11.8 Å². The molecule has 3 rings (SSSR count). The molecular formula is C19H21N3O2. The van der Waals surface area contributed by atoms with E-state index < -0.39 is 0 Å².